The molecule has 4 nitrogen and oxygen atoms in total. The minimum atomic E-state index is -3.71. The van der Waals surface area contributed by atoms with Crippen LogP contribution in [0.3, 0.4) is 0 Å². The van der Waals surface area contributed by atoms with Crippen LogP contribution in [0.5, 0.6) is 0 Å². The summed E-state index contributed by atoms with van der Waals surface area (Å²) < 4.78 is 25.3. The maximum atomic E-state index is 12.3. The first-order valence-corrected chi connectivity index (χ1v) is 7.80. The van der Waals surface area contributed by atoms with Gasteiger partial charge in [0.15, 0.2) is 0 Å². The van der Waals surface area contributed by atoms with Crippen molar-refractivity contribution in [2.45, 2.75) is 30.4 Å². The van der Waals surface area contributed by atoms with Gasteiger partial charge in [0, 0.05) is 4.75 Å². The van der Waals surface area contributed by atoms with Gasteiger partial charge >= 0.3 is 0 Å². The zero-order valence-corrected chi connectivity index (χ0v) is 12.1. The van der Waals surface area contributed by atoms with E-state index in [1.807, 2.05) is 20.8 Å². The number of benzene rings is 1. The number of carbonyl (C=O) groups is 1. The molecule has 0 bridgehead atoms. The van der Waals surface area contributed by atoms with Gasteiger partial charge in [-0.2, -0.15) is 0 Å². The number of carbonyl (C=O) groups excluding carboxylic acids is 1. The molecule has 6 heteroatoms. The molecule has 2 rings (SSSR count). The van der Waals surface area contributed by atoms with E-state index >= 15 is 0 Å². The molecule has 18 heavy (non-hydrogen) atoms. The van der Waals surface area contributed by atoms with Crippen molar-refractivity contribution in [3.63, 3.8) is 0 Å². The van der Waals surface area contributed by atoms with Crippen LogP contribution in [0.25, 0.3) is 0 Å². The van der Waals surface area contributed by atoms with Gasteiger partial charge in [-0.3, -0.25) is 4.79 Å². The molecule has 98 valence electrons. The van der Waals surface area contributed by atoms with E-state index in [2.05, 4.69) is 0 Å². The van der Waals surface area contributed by atoms with Gasteiger partial charge in [0.25, 0.3) is 15.3 Å². The van der Waals surface area contributed by atoms with Crippen LogP contribution in [-0.4, -0.2) is 29.3 Å². The number of rotatable bonds is 2. The van der Waals surface area contributed by atoms with E-state index in [1.165, 1.54) is 12.1 Å². The Labute approximate surface area is 111 Å². The Kier molecular flexibility index (Phi) is 3.19. The number of aryl methyl sites for hydroxylation is 1. The van der Waals surface area contributed by atoms with E-state index in [-0.39, 0.29) is 16.2 Å². The molecule has 1 aliphatic rings. The molecule has 0 aliphatic carbocycles. The summed E-state index contributed by atoms with van der Waals surface area (Å²) in [6.45, 7) is 5.82. The lowest BCUT2D eigenvalue weighted by atomic mass is 10.2. The van der Waals surface area contributed by atoms with Gasteiger partial charge in [0.1, 0.15) is 0 Å². The van der Waals surface area contributed by atoms with Crippen LogP contribution in [-0.2, 0) is 10.0 Å². The summed E-state index contributed by atoms with van der Waals surface area (Å²) in [5.74, 6) is 0. The summed E-state index contributed by atoms with van der Waals surface area (Å²) in [6, 6.07) is 6.53. The Morgan fingerprint density at radius 2 is 1.78 bits per heavy atom. The molecule has 1 amide bonds. The zero-order chi connectivity index (χ0) is 13.6. The van der Waals surface area contributed by atoms with Crippen LogP contribution >= 0.6 is 11.8 Å². The highest BCUT2D eigenvalue weighted by Crippen LogP contribution is 2.38. The molecule has 0 radical (unpaired) electrons. The Hall–Kier alpha value is -1.01. The molecular formula is C12H15NO3S2. The van der Waals surface area contributed by atoms with Gasteiger partial charge in [-0.1, -0.05) is 29.5 Å². The largest absolute Gasteiger partial charge is 0.296 e. The second-order valence-electron chi connectivity index (χ2n) is 4.95. The van der Waals surface area contributed by atoms with Gasteiger partial charge in [-0.15, -0.1) is 0 Å². The molecule has 1 saturated heterocycles. The van der Waals surface area contributed by atoms with Crippen molar-refractivity contribution in [3.8, 4) is 0 Å². The minimum absolute atomic E-state index is 0.166. The van der Waals surface area contributed by atoms with E-state index < -0.39 is 15.3 Å². The quantitative estimate of drug-likeness (QED) is 0.838. The maximum Gasteiger partial charge on any atom is 0.296 e. The predicted octanol–water partition coefficient (Wildman–Crippen LogP) is 2.63. The van der Waals surface area contributed by atoms with Crippen molar-refractivity contribution in [2.75, 3.05) is 6.54 Å². The smallest absolute Gasteiger partial charge is 0.261 e. The molecule has 0 unspecified atom stereocenters. The molecule has 1 heterocycles. The van der Waals surface area contributed by atoms with Crippen LogP contribution in [0, 0.1) is 6.92 Å². The normalized spacial score (nSPS) is 19.3. The van der Waals surface area contributed by atoms with Gasteiger partial charge in [-0.25, -0.2) is 12.7 Å². The summed E-state index contributed by atoms with van der Waals surface area (Å²) in [4.78, 5) is 12.0. The number of sulfonamides is 1. The van der Waals surface area contributed by atoms with Crippen LogP contribution in [0.1, 0.15) is 19.4 Å². The second-order valence-corrected chi connectivity index (χ2v) is 8.47. The second kappa shape index (κ2) is 4.28. The standard InChI is InChI=1S/C12H15NO3S2/c1-9-4-6-10(7-5-9)18(15,16)13-8-12(2,3)17-11(13)14/h4-7H,8H2,1-3H3. The van der Waals surface area contributed by atoms with E-state index in [0.29, 0.717) is 0 Å². The highest BCUT2D eigenvalue weighted by Gasteiger charge is 2.43. The molecule has 0 aromatic heterocycles. The third-order valence-corrected chi connectivity index (χ3v) is 5.64. The zero-order valence-electron chi connectivity index (χ0n) is 10.5. The third kappa shape index (κ3) is 2.40. The van der Waals surface area contributed by atoms with Crippen molar-refractivity contribution in [1.29, 1.82) is 0 Å². The predicted molar refractivity (Wildman–Crippen MR) is 72.1 cm³/mol. The molecule has 1 fully saturated rings. The lowest BCUT2D eigenvalue weighted by Gasteiger charge is -2.18. The first-order valence-electron chi connectivity index (χ1n) is 5.55. The average Bonchev–Trinajstić information content (AvgIpc) is 2.53. The van der Waals surface area contributed by atoms with Crippen LogP contribution in [0.15, 0.2) is 29.2 Å². The summed E-state index contributed by atoms with van der Waals surface area (Å²) in [6.07, 6.45) is 0. The van der Waals surface area contributed by atoms with Gasteiger partial charge < -0.3 is 0 Å². The summed E-state index contributed by atoms with van der Waals surface area (Å²) in [5, 5.41) is -0.402. The topological polar surface area (TPSA) is 54.5 Å². The van der Waals surface area contributed by atoms with Crippen molar-refractivity contribution in [1.82, 2.24) is 4.31 Å². The van der Waals surface area contributed by atoms with Gasteiger partial charge in [0.05, 0.1) is 11.4 Å². The fourth-order valence-corrected chi connectivity index (χ4v) is 4.49. The van der Waals surface area contributed by atoms with E-state index in [4.69, 9.17) is 0 Å². The molecule has 1 aliphatic heterocycles. The van der Waals surface area contributed by atoms with E-state index in [1.54, 1.807) is 12.1 Å². The monoisotopic (exact) mass is 285 g/mol. The number of nitrogens with zero attached hydrogens (tertiary/aromatic N) is 1. The fourth-order valence-electron chi connectivity index (χ4n) is 1.75. The van der Waals surface area contributed by atoms with Crippen molar-refractivity contribution < 1.29 is 13.2 Å². The SMILES string of the molecule is Cc1ccc(S(=O)(=O)N2CC(C)(C)SC2=O)cc1. The molecule has 0 atom stereocenters. The summed E-state index contributed by atoms with van der Waals surface area (Å²) in [7, 11) is -3.71. The van der Waals surface area contributed by atoms with Crippen LogP contribution < -0.4 is 0 Å². The highest BCUT2D eigenvalue weighted by molar-refractivity contribution is 8.16. The summed E-state index contributed by atoms with van der Waals surface area (Å²) in [5.41, 5.74) is 0.983. The number of hydrogen-bond acceptors (Lipinski definition) is 4. The van der Waals surface area contributed by atoms with Crippen LogP contribution in [0.4, 0.5) is 4.79 Å². The molecule has 0 saturated carbocycles. The third-order valence-electron chi connectivity index (χ3n) is 2.70. The van der Waals surface area contributed by atoms with Crippen molar-refractivity contribution in [3.05, 3.63) is 29.8 Å². The molecular weight excluding hydrogens is 270 g/mol. The van der Waals surface area contributed by atoms with Gasteiger partial charge in [-0.05, 0) is 32.9 Å². The first-order chi connectivity index (χ1) is 8.22. The minimum Gasteiger partial charge on any atom is -0.261 e. The van der Waals surface area contributed by atoms with Crippen molar-refractivity contribution >= 4 is 27.0 Å². The Morgan fingerprint density at radius 1 is 1.22 bits per heavy atom. The molecule has 0 spiro atoms. The van der Waals surface area contributed by atoms with E-state index in [9.17, 15) is 13.2 Å². The Balaban J connectivity index is 2.38. The maximum absolute atomic E-state index is 12.3. The molecule has 0 N–H and O–H groups in total. The van der Waals surface area contributed by atoms with E-state index in [0.717, 1.165) is 21.6 Å². The summed E-state index contributed by atoms with van der Waals surface area (Å²) >= 11 is 1.06. The molecule has 1 aromatic rings. The van der Waals surface area contributed by atoms with Crippen LogP contribution in [0.2, 0.25) is 0 Å². The average molecular weight is 285 g/mol. The van der Waals surface area contributed by atoms with Gasteiger partial charge in [0.2, 0.25) is 0 Å². The number of amides is 1. The lowest BCUT2D eigenvalue weighted by molar-refractivity contribution is 0.248. The fraction of sp³-hybridized carbons (Fsp3) is 0.417. The van der Waals surface area contributed by atoms with Crippen molar-refractivity contribution in [2.24, 2.45) is 0 Å². The molecule has 1 aromatic carbocycles. The number of hydrogen-bond donors (Lipinski definition) is 0. The Bertz CT molecular complexity index is 576. The Morgan fingerprint density at radius 3 is 2.22 bits per heavy atom. The lowest BCUT2D eigenvalue weighted by Crippen LogP contribution is -2.34. The first kappa shape index (κ1) is 13.4. The highest BCUT2D eigenvalue weighted by atomic mass is 32.2. The number of thioether (sulfide) groups is 1.